The van der Waals surface area contributed by atoms with Gasteiger partial charge in [-0.1, -0.05) is 26.8 Å². The van der Waals surface area contributed by atoms with Gasteiger partial charge in [0.25, 0.3) is 0 Å². The van der Waals surface area contributed by atoms with Crippen molar-refractivity contribution in [3.05, 3.63) is 33.9 Å². The van der Waals surface area contributed by atoms with Crippen LogP contribution in [0.4, 0.5) is 5.69 Å². The normalized spacial score (nSPS) is 11.1. The van der Waals surface area contributed by atoms with E-state index in [0.717, 1.165) is 5.56 Å². The third-order valence-corrected chi connectivity index (χ3v) is 2.64. The summed E-state index contributed by atoms with van der Waals surface area (Å²) in [6.07, 6.45) is 0.248. The molecule has 5 heteroatoms. The molecule has 0 aliphatic rings. The van der Waals surface area contributed by atoms with Crippen LogP contribution in [0, 0.1) is 15.5 Å². The van der Waals surface area contributed by atoms with Crippen LogP contribution in [-0.4, -0.2) is 17.8 Å². The molecule has 0 fully saturated rings. The highest BCUT2D eigenvalue weighted by Crippen LogP contribution is 2.28. The molecule has 5 nitrogen and oxygen atoms in total. The molecule has 0 aliphatic carbocycles. The Kier molecular flexibility index (Phi) is 4.06. The predicted octanol–water partition coefficient (Wildman–Crippen LogP) is 2.76. The van der Waals surface area contributed by atoms with Crippen LogP contribution < -0.4 is 4.74 Å². The van der Waals surface area contributed by atoms with Crippen molar-refractivity contribution in [3.8, 4) is 5.75 Å². The molecule has 0 saturated carbocycles. The van der Waals surface area contributed by atoms with E-state index in [9.17, 15) is 14.9 Å². The first-order valence-corrected chi connectivity index (χ1v) is 5.60. The van der Waals surface area contributed by atoms with Crippen LogP contribution in [-0.2, 0) is 11.2 Å². The zero-order chi connectivity index (χ0) is 13.9. The van der Waals surface area contributed by atoms with E-state index in [0.29, 0.717) is 0 Å². The van der Waals surface area contributed by atoms with Gasteiger partial charge in [-0.2, -0.15) is 0 Å². The van der Waals surface area contributed by atoms with Crippen LogP contribution in [0.3, 0.4) is 0 Å². The summed E-state index contributed by atoms with van der Waals surface area (Å²) >= 11 is 0. The quantitative estimate of drug-likeness (QED) is 0.609. The number of nitro groups is 1. The molecule has 0 N–H and O–H groups in total. The number of carbonyl (C=O) groups is 1. The first-order chi connectivity index (χ1) is 8.25. The van der Waals surface area contributed by atoms with E-state index in [1.165, 1.54) is 13.2 Å². The number of nitrogens with zero attached hydrogens (tertiary/aromatic N) is 1. The number of hydrogen-bond donors (Lipinski definition) is 0. The summed E-state index contributed by atoms with van der Waals surface area (Å²) in [5.74, 6) is 0.262. The molecule has 1 rings (SSSR count). The zero-order valence-electron chi connectivity index (χ0n) is 11.0. The van der Waals surface area contributed by atoms with Gasteiger partial charge in [0.15, 0.2) is 5.75 Å². The van der Waals surface area contributed by atoms with Crippen molar-refractivity contribution in [1.29, 1.82) is 0 Å². The molecule has 0 atom stereocenters. The number of methoxy groups -OCH3 is 1. The highest BCUT2D eigenvalue weighted by atomic mass is 16.6. The summed E-state index contributed by atoms with van der Waals surface area (Å²) < 4.78 is 4.96. The maximum Gasteiger partial charge on any atom is 0.310 e. The van der Waals surface area contributed by atoms with E-state index in [2.05, 4.69) is 0 Å². The number of benzene rings is 1. The summed E-state index contributed by atoms with van der Waals surface area (Å²) in [4.78, 5) is 22.1. The average molecular weight is 251 g/mol. The molecule has 0 amide bonds. The van der Waals surface area contributed by atoms with Crippen molar-refractivity contribution >= 4 is 11.5 Å². The lowest BCUT2D eigenvalue weighted by molar-refractivity contribution is -0.385. The molecular weight excluding hydrogens is 234 g/mol. The van der Waals surface area contributed by atoms with Crippen molar-refractivity contribution in [3.63, 3.8) is 0 Å². The lowest BCUT2D eigenvalue weighted by Crippen LogP contribution is -2.22. The van der Waals surface area contributed by atoms with E-state index in [1.807, 2.05) is 20.8 Å². The minimum Gasteiger partial charge on any atom is -0.490 e. The maximum absolute atomic E-state index is 11.9. The van der Waals surface area contributed by atoms with Crippen LogP contribution in [0.25, 0.3) is 0 Å². The van der Waals surface area contributed by atoms with Crippen LogP contribution in [0.5, 0.6) is 5.75 Å². The fraction of sp³-hybridized carbons (Fsp3) is 0.462. The van der Waals surface area contributed by atoms with Gasteiger partial charge in [0.2, 0.25) is 0 Å². The van der Waals surface area contributed by atoms with Gasteiger partial charge in [0, 0.05) is 17.9 Å². The third kappa shape index (κ3) is 3.29. The van der Waals surface area contributed by atoms with Crippen molar-refractivity contribution in [2.24, 2.45) is 5.41 Å². The summed E-state index contributed by atoms with van der Waals surface area (Å²) in [6.45, 7) is 5.54. The highest BCUT2D eigenvalue weighted by molar-refractivity contribution is 5.85. The smallest absolute Gasteiger partial charge is 0.310 e. The number of ether oxygens (including phenoxy) is 1. The highest BCUT2D eigenvalue weighted by Gasteiger charge is 2.22. The SMILES string of the molecule is COc1cc(CC(=O)C(C)(C)C)ccc1[N+](=O)[O-]. The molecular formula is C13H17NO4. The number of rotatable bonds is 4. The molecule has 0 heterocycles. The lowest BCUT2D eigenvalue weighted by Gasteiger charge is -2.16. The van der Waals surface area contributed by atoms with Gasteiger partial charge in [-0.05, 0) is 11.6 Å². The molecule has 1 aromatic rings. The number of Topliss-reactive ketones (excluding diaryl/α,β-unsaturated/α-hetero) is 1. The van der Waals surface area contributed by atoms with Crippen molar-refractivity contribution < 1.29 is 14.5 Å². The first-order valence-electron chi connectivity index (χ1n) is 5.60. The topological polar surface area (TPSA) is 69.4 Å². The predicted molar refractivity (Wildman–Crippen MR) is 67.8 cm³/mol. The Labute approximate surface area is 106 Å². The van der Waals surface area contributed by atoms with Crippen LogP contribution >= 0.6 is 0 Å². The second-order valence-corrected chi connectivity index (χ2v) is 5.11. The van der Waals surface area contributed by atoms with E-state index in [4.69, 9.17) is 4.74 Å². The van der Waals surface area contributed by atoms with Crippen molar-refractivity contribution in [2.45, 2.75) is 27.2 Å². The van der Waals surface area contributed by atoms with E-state index in [1.54, 1.807) is 12.1 Å². The minimum atomic E-state index is -0.506. The van der Waals surface area contributed by atoms with Gasteiger partial charge in [0.05, 0.1) is 12.0 Å². The van der Waals surface area contributed by atoms with Crippen molar-refractivity contribution in [2.75, 3.05) is 7.11 Å². The molecule has 18 heavy (non-hydrogen) atoms. The maximum atomic E-state index is 11.9. The number of carbonyl (C=O) groups excluding carboxylic acids is 1. The second kappa shape index (κ2) is 5.16. The Morgan fingerprint density at radius 2 is 2.00 bits per heavy atom. The van der Waals surface area contributed by atoms with Gasteiger partial charge in [-0.25, -0.2) is 0 Å². The Hall–Kier alpha value is -1.91. The standard InChI is InChI=1S/C13H17NO4/c1-13(2,3)12(15)8-9-5-6-10(14(16)17)11(7-9)18-4/h5-7H,8H2,1-4H3. The molecule has 98 valence electrons. The van der Waals surface area contributed by atoms with Gasteiger partial charge in [-0.3, -0.25) is 14.9 Å². The third-order valence-electron chi connectivity index (χ3n) is 2.64. The molecule has 0 bridgehead atoms. The van der Waals surface area contributed by atoms with Crippen LogP contribution in [0.2, 0.25) is 0 Å². The molecule has 1 aromatic carbocycles. The van der Waals surface area contributed by atoms with E-state index in [-0.39, 0.29) is 23.6 Å². The van der Waals surface area contributed by atoms with Gasteiger partial charge in [-0.15, -0.1) is 0 Å². The second-order valence-electron chi connectivity index (χ2n) is 5.11. The van der Waals surface area contributed by atoms with Crippen LogP contribution in [0.15, 0.2) is 18.2 Å². The average Bonchev–Trinajstić information content (AvgIpc) is 2.27. The largest absolute Gasteiger partial charge is 0.490 e. The summed E-state index contributed by atoms with van der Waals surface area (Å²) in [5.41, 5.74) is 0.205. The van der Waals surface area contributed by atoms with Gasteiger partial charge >= 0.3 is 5.69 Å². The Balaban J connectivity index is 3.00. The number of hydrogen-bond acceptors (Lipinski definition) is 4. The summed E-state index contributed by atoms with van der Waals surface area (Å²) in [7, 11) is 1.37. The fourth-order valence-electron chi connectivity index (χ4n) is 1.43. The summed E-state index contributed by atoms with van der Waals surface area (Å²) in [6, 6.07) is 4.50. The number of nitro benzene ring substituents is 1. The Morgan fingerprint density at radius 3 is 2.44 bits per heavy atom. The van der Waals surface area contributed by atoms with Gasteiger partial charge in [0.1, 0.15) is 5.78 Å². The van der Waals surface area contributed by atoms with Gasteiger partial charge < -0.3 is 4.74 Å². The molecule has 0 aromatic heterocycles. The number of ketones is 1. The van der Waals surface area contributed by atoms with E-state index >= 15 is 0 Å². The zero-order valence-corrected chi connectivity index (χ0v) is 11.0. The van der Waals surface area contributed by atoms with Crippen LogP contribution in [0.1, 0.15) is 26.3 Å². The minimum absolute atomic E-state index is 0.0819. The van der Waals surface area contributed by atoms with Crippen molar-refractivity contribution in [1.82, 2.24) is 0 Å². The first kappa shape index (κ1) is 14.2. The Morgan fingerprint density at radius 1 is 1.39 bits per heavy atom. The molecule has 0 unspecified atom stereocenters. The molecule has 0 radical (unpaired) electrons. The Bertz CT molecular complexity index is 474. The lowest BCUT2D eigenvalue weighted by atomic mass is 9.87. The fourth-order valence-corrected chi connectivity index (χ4v) is 1.43. The molecule has 0 aliphatic heterocycles. The molecule has 0 saturated heterocycles. The monoisotopic (exact) mass is 251 g/mol. The molecule has 0 spiro atoms. The summed E-state index contributed by atoms with van der Waals surface area (Å²) in [5, 5.41) is 10.7. The van der Waals surface area contributed by atoms with E-state index < -0.39 is 10.3 Å².